The number of hydrogen-bond donors (Lipinski definition) is 1. The Morgan fingerprint density at radius 3 is 2.50 bits per heavy atom. The van der Waals surface area contributed by atoms with Crippen LogP contribution in [0.2, 0.25) is 0 Å². The summed E-state index contributed by atoms with van der Waals surface area (Å²) < 4.78 is 5.52. The second kappa shape index (κ2) is 7.41. The van der Waals surface area contributed by atoms with Crippen LogP contribution in [0.4, 0.5) is 0 Å². The quantitative estimate of drug-likeness (QED) is 0.804. The maximum absolute atomic E-state index is 12.9. The maximum atomic E-state index is 12.9. The molecule has 1 aliphatic heterocycles. The number of hydrogen-bond acceptors (Lipinski definition) is 3. The number of ether oxygens (including phenoxy) is 1. The molecule has 1 aliphatic carbocycles. The molecule has 1 atom stereocenters. The fraction of sp³-hybridized carbons (Fsp3) is 0.938. The van der Waals surface area contributed by atoms with Crippen LogP contribution in [0.1, 0.15) is 51.4 Å². The van der Waals surface area contributed by atoms with Crippen LogP contribution in [0.25, 0.3) is 0 Å². The lowest BCUT2D eigenvalue weighted by Gasteiger charge is -2.36. The van der Waals surface area contributed by atoms with Gasteiger partial charge in [-0.05, 0) is 31.6 Å². The molecule has 1 amide bonds. The molecular formula is C16H30N2O2. The van der Waals surface area contributed by atoms with E-state index in [1.165, 1.54) is 19.3 Å². The summed E-state index contributed by atoms with van der Waals surface area (Å²) in [6, 6.07) is 0. The molecule has 1 unspecified atom stereocenters. The van der Waals surface area contributed by atoms with Crippen molar-refractivity contribution in [2.45, 2.75) is 51.4 Å². The molecule has 0 spiro atoms. The summed E-state index contributed by atoms with van der Waals surface area (Å²) in [5.41, 5.74) is 5.72. The predicted octanol–water partition coefficient (Wildman–Crippen LogP) is 2.17. The average molecular weight is 282 g/mol. The van der Waals surface area contributed by atoms with Crippen LogP contribution in [-0.4, -0.2) is 44.2 Å². The number of nitrogens with zero attached hydrogens (tertiary/aromatic N) is 1. The summed E-state index contributed by atoms with van der Waals surface area (Å²) >= 11 is 0. The van der Waals surface area contributed by atoms with Crippen molar-refractivity contribution in [2.75, 3.05) is 33.4 Å². The van der Waals surface area contributed by atoms with E-state index in [2.05, 4.69) is 0 Å². The standard InChI is InChI=1S/C16H30N2O2/c1-18(11-14-7-6-10-20-12-14)15(19)16(13-17)8-4-2-3-5-9-16/h14H,2-13,17H2,1H3. The van der Waals surface area contributed by atoms with Crippen molar-refractivity contribution in [3.8, 4) is 0 Å². The van der Waals surface area contributed by atoms with Gasteiger partial charge in [0.2, 0.25) is 5.91 Å². The van der Waals surface area contributed by atoms with Gasteiger partial charge in [-0.25, -0.2) is 0 Å². The summed E-state index contributed by atoms with van der Waals surface area (Å²) in [6.07, 6.45) is 9.00. The van der Waals surface area contributed by atoms with Crippen molar-refractivity contribution in [3.05, 3.63) is 0 Å². The van der Waals surface area contributed by atoms with E-state index in [1.807, 2.05) is 11.9 Å². The smallest absolute Gasteiger partial charge is 0.229 e. The SMILES string of the molecule is CN(CC1CCCOC1)C(=O)C1(CN)CCCCCC1. The fourth-order valence-corrected chi connectivity index (χ4v) is 3.74. The highest BCUT2D eigenvalue weighted by Gasteiger charge is 2.39. The third kappa shape index (κ3) is 3.73. The summed E-state index contributed by atoms with van der Waals surface area (Å²) in [4.78, 5) is 14.8. The Kier molecular flexibility index (Phi) is 5.85. The molecular weight excluding hydrogens is 252 g/mol. The Bertz CT molecular complexity index is 306. The number of nitrogens with two attached hydrogens (primary N) is 1. The molecule has 1 saturated carbocycles. The first kappa shape index (κ1) is 15.8. The molecule has 0 aromatic rings. The molecule has 0 bridgehead atoms. The second-order valence-electron chi connectivity index (χ2n) is 6.67. The van der Waals surface area contributed by atoms with Crippen LogP contribution >= 0.6 is 0 Å². The van der Waals surface area contributed by atoms with E-state index in [-0.39, 0.29) is 11.3 Å². The van der Waals surface area contributed by atoms with E-state index in [9.17, 15) is 4.79 Å². The van der Waals surface area contributed by atoms with Crippen molar-refractivity contribution in [3.63, 3.8) is 0 Å². The van der Waals surface area contributed by atoms with Crippen molar-refractivity contribution >= 4 is 5.91 Å². The number of rotatable bonds is 4. The van der Waals surface area contributed by atoms with Gasteiger partial charge in [0.1, 0.15) is 0 Å². The Morgan fingerprint density at radius 1 is 1.25 bits per heavy atom. The minimum atomic E-state index is -0.291. The molecule has 2 rings (SSSR count). The van der Waals surface area contributed by atoms with Gasteiger partial charge in [0.05, 0.1) is 12.0 Å². The zero-order chi connectivity index (χ0) is 14.4. The molecule has 4 heteroatoms. The first-order valence-corrected chi connectivity index (χ1v) is 8.21. The largest absolute Gasteiger partial charge is 0.381 e. The van der Waals surface area contributed by atoms with Gasteiger partial charge >= 0.3 is 0 Å². The summed E-state index contributed by atoms with van der Waals surface area (Å²) in [5.74, 6) is 0.769. The lowest BCUT2D eigenvalue weighted by Crippen LogP contribution is -2.48. The van der Waals surface area contributed by atoms with Crippen molar-refractivity contribution in [1.29, 1.82) is 0 Å². The third-order valence-electron chi connectivity index (χ3n) is 5.04. The van der Waals surface area contributed by atoms with E-state index in [4.69, 9.17) is 10.5 Å². The highest BCUT2D eigenvalue weighted by molar-refractivity contribution is 5.82. The molecule has 0 aromatic heterocycles. The van der Waals surface area contributed by atoms with Crippen LogP contribution in [0.15, 0.2) is 0 Å². The molecule has 0 aromatic carbocycles. The van der Waals surface area contributed by atoms with Gasteiger partial charge in [-0.2, -0.15) is 0 Å². The average Bonchev–Trinajstić information content (AvgIpc) is 2.74. The number of carbonyl (C=O) groups excluding carboxylic acids is 1. The van der Waals surface area contributed by atoms with Gasteiger partial charge in [-0.3, -0.25) is 4.79 Å². The Morgan fingerprint density at radius 2 is 1.95 bits per heavy atom. The molecule has 0 radical (unpaired) electrons. The highest BCUT2D eigenvalue weighted by Crippen LogP contribution is 2.36. The van der Waals surface area contributed by atoms with Gasteiger partial charge in [-0.1, -0.05) is 25.7 Å². The molecule has 116 valence electrons. The Balaban J connectivity index is 1.95. The lowest BCUT2D eigenvalue weighted by atomic mass is 9.79. The normalized spacial score (nSPS) is 26.8. The van der Waals surface area contributed by atoms with E-state index >= 15 is 0 Å². The summed E-state index contributed by atoms with van der Waals surface area (Å²) in [6.45, 7) is 2.99. The topological polar surface area (TPSA) is 55.6 Å². The first-order valence-electron chi connectivity index (χ1n) is 8.21. The van der Waals surface area contributed by atoms with Gasteiger partial charge in [0.25, 0.3) is 0 Å². The van der Waals surface area contributed by atoms with E-state index in [0.717, 1.165) is 51.9 Å². The zero-order valence-corrected chi connectivity index (χ0v) is 12.9. The monoisotopic (exact) mass is 282 g/mol. The van der Waals surface area contributed by atoms with Gasteiger partial charge in [-0.15, -0.1) is 0 Å². The minimum absolute atomic E-state index is 0.271. The van der Waals surface area contributed by atoms with Crippen LogP contribution in [0.5, 0.6) is 0 Å². The Hall–Kier alpha value is -0.610. The second-order valence-corrected chi connectivity index (χ2v) is 6.67. The first-order chi connectivity index (χ1) is 9.68. The Labute approximate surface area is 123 Å². The molecule has 2 aliphatic rings. The summed E-state index contributed by atoms with van der Waals surface area (Å²) in [7, 11) is 1.94. The van der Waals surface area contributed by atoms with Crippen molar-refractivity contribution in [1.82, 2.24) is 4.90 Å². The molecule has 2 N–H and O–H groups in total. The van der Waals surface area contributed by atoms with E-state index in [0.29, 0.717) is 12.5 Å². The fourth-order valence-electron chi connectivity index (χ4n) is 3.74. The van der Waals surface area contributed by atoms with E-state index in [1.54, 1.807) is 0 Å². The molecule has 4 nitrogen and oxygen atoms in total. The zero-order valence-electron chi connectivity index (χ0n) is 12.9. The van der Waals surface area contributed by atoms with Crippen LogP contribution in [0, 0.1) is 11.3 Å². The highest BCUT2D eigenvalue weighted by atomic mass is 16.5. The molecule has 1 saturated heterocycles. The third-order valence-corrected chi connectivity index (χ3v) is 5.04. The van der Waals surface area contributed by atoms with Gasteiger partial charge in [0.15, 0.2) is 0 Å². The van der Waals surface area contributed by atoms with Crippen LogP contribution in [0.3, 0.4) is 0 Å². The molecule has 20 heavy (non-hydrogen) atoms. The summed E-state index contributed by atoms with van der Waals surface area (Å²) in [5, 5.41) is 0. The maximum Gasteiger partial charge on any atom is 0.229 e. The minimum Gasteiger partial charge on any atom is -0.381 e. The van der Waals surface area contributed by atoms with Crippen LogP contribution < -0.4 is 5.73 Å². The van der Waals surface area contributed by atoms with E-state index < -0.39 is 0 Å². The number of amides is 1. The van der Waals surface area contributed by atoms with Crippen molar-refractivity contribution < 1.29 is 9.53 Å². The van der Waals surface area contributed by atoms with Crippen molar-refractivity contribution in [2.24, 2.45) is 17.1 Å². The number of carbonyl (C=O) groups is 1. The lowest BCUT2D eigenvalue weighted by molar-refractivity contribution is -0.142. The van der Waals surface area contributed by atoms with Gasteiger partial charge < -0.3 is 15.4 Å². The van der Waals surface area contributed by atoms with Gasteiger partial charge in [0, 0.05) is 26.7 Å². The predicted molar refractivity (Wildman–Crippen MR) is 80.4 cm³/mol. The molecule has 2 fully saturated rings. The molecule has 1 heterocycles. The van der Waals surface area contributed by atoms with Crippen LogP contribution in [-0.2, 0) is 9.53 Å².